The van der Waals surface area contributed by atoms with Gasteiger partial charge in [0.1, 0.15) is 6.10 Å². The second kappa shape index (κ2) is 9.41. The zero-order chi connectivity index (χ0) is 18.4. The first-order chi connectivity index (χ1) is 11.9. The van der Waals surface area contributed by atoms with E-state index < -0.39 is 18.2 Å². The van der Waals surface area contributed by atoms with Crippen molar-refractivity contribution in [2.75, 3.05) is 6.26 Å². The topological polar surface area (TPSA) is 46.5 Å². The van der Waals surface area contributed by atoms with Gasteiger partial charge in [-0.1, -0.05) is 54.0 Å². The predicted octanol–water partition coefficient (Wildman–Crippen LogP) is 5.78. The van der Waals surface area contributed by atoms with Gasteiger partial charge in [0.15, 0.2) is 6.10 Å². The largest absolute Gasteiger partial charge is 0.479 e. The molecule has 0 saturated heterocycles. The van der Waals surface area contributed by atoms with Crippen LogP contribution in [-0.2, 0) is 9.53 Å². The van der Waals surface area contributed by atoms with Crippen LogP contribution in [0.25, 0.3) is 0 Å². The van der Waals surface area contributed by atoms with Crippen molar-refractivity contribution < 1.29 is 14.6 Å². The molecule has 2 aromatic rings. The summed E-state index contributed by atoms with van der Waals surface area (Å²) in [5.41, 5.74) is 1.89. The average Bonchev–Trinajstić information content (AvgIpc) is 2.59. The lowest BCUT2D eigenvalue weighted by molar-refractivity contribution is -0.154. The summed E-state index contributed by atoms with van der Waals surface area (Å²) >= 11 is 5.11. The van der Waals surface area contributed by atoms with E-state index in [1.807, 2.05) is 68.6 Å². The Hall–Kier alpha value is -1.30. The van der Waals surface area contributed by atoms with E-state index in [-0.39, 0.29) is 5.92 Å². The molecule has 0 aromatic heterocycles. The first-order valence-electron chi connectivity index (χ1n) is 8.18. The van der Waals surface area contributed by atoms with Crippen molar-refractivity contribution in [1.82, 2.24) is 0 Å². The number of hydrogen-bond donors (Lipinski definition) is 1. The Labute approximate surface area is 161 Å². The molecule has 0 aliphatic carbocycles. The van der Waals surface area contributed by atoms with Crippen LogP contribution in [0.4, 0.5) is 0 Å². The molecule has 3 nitrogen and oxygen atoms in total. The van der Waals surface area contributed by atoms with Gasteiger partial charge in [-0.3, -0.25) is 0 Å². The highest BCUT2D eigenvalue weighted by Gasteiger charge is 2.26. The fourth-order valence-electron chi connectivity index (χ4n) is 2.57. The molecule has 2 rings (SSSR count). The van der Waals surface area contributed by atoms with Crippen molar-refractivity contribution in [1.29, 1.82) is 0 Å². The van der Waals surface area contributed by atoms with E-state index >= 15 is 0 Å². The molecule has 0 radical (unpaired) electrons. The lowest BCUT2D eigenvalue weighted by atomic mass is 10.00. The lowest BCUT2D eigenvalue weighted by Gasteiger charge is -2.24. The number of hydrogen-bond acceptors (Lipinski definition) is 3. The molecule has 2 aromatic carbocycles. The van der Waals surface area contributed by atoms with E-state index in [2.05, 4.69) is 15.9 Å². The van der Waals surface area contributed by atoms with E-state index in [0.717, 1.165) is 20.5 Å². The van der Waals surface area contributed by atoms with Crippen molar-refractivity contribution >= 4 is 33.7 Å². The van der Waals surface area contributed by atoms with Gasteiger partial charge in [-0.2, -0.15) is 0 Å². The van der Waals surface area contributed by atoms with Gasteiger partial charge in [0.2, 0.25) is 0 Å². The van der Waals surface area contributed by atoms with Gasteiger partial charge in [-0.05, 0) is 54.0 Å². The Kier molecular flexibility index (Phi) is 7.54. The highest BCUT2D eigenvalue weighted by atomic mass is 79.9. The molecule has 134 valence electrons. The normalized spacial score (nSPS) is 13.6. The maximum absolute atomic E-state index is 11.7. The molecular formula is C20H23BrO3S. The summed E-state index contributed by atoms with van der Waals surface area (Å²) in [4.78, 5) is 12.8. The summed E-state index contributed by atoms with van der Waals surface area (Å²) < 4.78 is 7.06. The molecular weight excluding hydrogens is 400 g/mol. The Morgan fingerprint density at radius 3 is 2.04 bits per heavy atom. The molecule has 0 amide bonds. The van der Waals surface area contributed by atoms with E-state index in [1.165, 1.54) is 0 Å². The number of ether oxygens (including phenoxy) is 1. The Morgan fingerprint density at radius 2 is 1.60 bits per heavy atom. The van der Waals surface area contributed by atoms with Gasteiger partial charge < -0.3 is 9.84 Å². The third-order valence-corrected chi connectivity index (χ3v) is 5.12. The number of benzene rings is 2. The second-order valence-corrected chi connectivity index (χ2v) is 8.09. The van der Waals surface area contributed by atoms with Gasteiger partial charge in [0.25, 0.3) is 0 Å². The van der Waals surface area contributed by atoms with Gasteiger partial charge >= 0.3 is 5.97 Å². The molecule has 0 saturated carbocycles. The zero-order valence-electron chi connectivity index (χ0n) is 14.6. The summed E-state index contributed by atoms with van der Waals surface area (Å²) in [6.07, 6.45) is 1.25. The van der Waals surface area contributed by atoms with E-state index in [9.17, 15) is 9.90 Å². The molecule has 0 heterocycles. The van der Waals surface area contributed by atoms with Gasteiger partial charge in [-0.15, -0.1) is 11.8 Å². The van der Waals surface area contributed by atoms with Crippen LogP contribution in [0, 0.1) is 5.92 Å². The minimum atomic E-state index is -0.920. The smallest absolute Gasteiger partial charge is 0.332 e. The number of halogens is 1. The molecule has 2 atom stereocenters. The van der Waals surface area contributed by atoms with E-state index in [1.54, 1.807) is 11.8 Å². The third kappa shape index (κ3) is 5.87. The minimum absolute atomic E-state index is 0.241. The average molecular weight is 423 g/mol. The molecule has 0 aliphatic heterocycles. The quantitative estimate of drug-likeness (QED) is 0.547. The summed E-state index contributed by atoms with van der Waals surface area (Å²) in [5, 5.41) is 9.56. The monoisotopic (exact) mass is 422 g/mol. The SMILES string of the molecule is CSc1ccc([C@@H](O[C@@H](CC(C)C)C(=O)O)c2ccc(Br)cc2)cc1. The molecule has 0 fully saturated rings. The summed E-state index contributed by atoms with van der Waals surface area (Å²) in [6, 6.07) is 15.9. The van der Waals surface area contributed by atoms with Gasteiger partial charge in [0.05, 0.1) is 0 Å². The van der Waals surface area contributed by atoms with Crippen molar-refractivity contribution in [2.24, 2.45) is 5.92 Å². The number of carboxylic acid groups (broad SMARTS) is 1. The summed E-state index contributed by atoms with van der Waals surface area (Å²) in [6.45, 7) is 4.00. The van der Waals surface area contributed by atoms with Crippen LogP contribution in [0.5, 0.6) is 0 Å². The zero-order valence-corrected chi connectivity index (χ0v) is 17.0. The molecule has 0 spiro atoms. The standard InChI is InChI=1S/C20H23BrO3S/c1-13(2)12-18(20(22)23)24-19(14-4-8-16(21)9-5-14)15-6-10-17(25-3)11-7-15/h4-11,13,18-19H,12H2,1-3H3,(H,22,23)/t18-,19-/m0/s1. The molecule has 1 N–H and O–H groups in total. The summed E-state index contributed by atoms with van der Waals surface area (Å²) in [7, 11) is 0. The number of carbonyl (C=O) groups is 1. The second-order valence-electron chi connectivity index (χ2n) is 6.30. The first kappa shape index (κ1) is 20.0. The number of rotatable bonds is 8. The number of aliphatic carboxylic acids is 1. The van der Waals surface area contributed by atoms with Crippen LogP contribution in [0.1, 0.15) is 37.5 Å². The van der Waals surface area contributed by atoms with Crippen LogP contribution >= 0.6 is 27.7 Å². The van der Waals surface area contributed by atoms with Crippen LogP contribution in [-0.4, -0.2) is 23.4 Å². The van der Waals surface area contributed by atoms with Crippen LogP contribution in [0.3, 0.4) is 0 Å². The molecule has 25 heavy (non-hydrogen) atoms. The molecule has 0 unspecified atom stereocenters. The van der Waals surface area contributed by atoms with Crippen LogP contribution in [0.15, 0.2) is 57.9 Å². The lowest BCUT2D eigenvalue weighted by Crippen LogP contribution is -2.28. The third-order valence-electron chi connectivity index (χ3n) is 3.85. The van der Waals surface area contributed by atoms with Gasteiger partial charge in [-0.25, -0.2) is 4.79 Å². The minimum Gasteiger partial charge on any atom is -0.479 e. The van der Waals surface area contributed by atoms with E-state index in [4.69, 9.17) is 4.74 Å². The van der Waals surface area contributed by atoms with Crippen molar-refractivity contribution in [3.63, 3.8) is 0 Å². The Balaban J connectivity index is 2.36. The fraction of sp³-hybridized carbons (Fsp3) is 0.350. The highest BCUT2D eigenvalue weighted by molar-refractivity contribution is 9.10. The Bertz CT molecular complexity index is 683. The maximum Gasteiger partial charge on any atom is 0.332 e. The molecule has 5 heteroatoms. The first-order valence-corrected chi connectivity index (χ1v) is 10.2. The number of thioether (sulfide) groups is 1. The van der Waals surface area contributed by atoms with Crippen LogP contribution in [0.2, 0.25) is 0 Å². The highest BCUT2D eigenvalue weighted by Crippen LogP contribution is 2.31. The van der Waals surface area contributed by atoms with Crippen LogP contribution < -0.4 is 0 Å². The van der Waals surface area contributed by atoms with Gasteiger partial charge in [0, 0.05) is 9.37 Å². The van der Waals surface area contributed by atoms with Crippen molar-refractivity contribution in [3.05, 3.63) is 64.1 Å². The fourth-order valence-corrected chi connectivity index (χ4v) is 3.25. The molecule has 0 bridgehead atoms. The van der Waals surface area contributed by atoms with E-state index in [0.29, 0.717) is 6.42 Å². The number of carboxylic acids is 1. The maximum atomic E-state index is 11.7. The van der Waals surface area contributed by atoms with Crippen molar-refractivity contribution in [3.8, 4) is 0 Å². The van der Waals surface area contributed by atoms with Crippen molar-refractivity contribution in [2.45, 2.75) is 37.4 Å². The molecule has 0 aliphatic rings. The predicted molar refractivity (Wildman–Crippen MR) is 106 cm³/mol. The summed E-state index contributed by atoms with van der Waals surface area (Å²) in [5.74, 6) is -0.679. The Morgan fingerprint density at radius 1 is 1.08 bits per heavy atom.